The second kappa shape index (κ2) is 5.25. The topological polar surface area (TPSA) is 36.0 Å². The fraction of sp³-hybridized carbons (Fsp3) is 0.231. The highest BCUT2D eigenvalue weighted by atomic mass is 16.3. The number of aromatic amines is 1. The van der Waals surface area contributed by atoms with Gasteiger partial charge in [-0.05, 0) is 11.6 Å². The summed E-state index contributed by atoms with van der Waals surface area (Å²) in [4.78, 5) is 3.14. The monoisotopic (exact) mass is 203 g/mol. The Balaban J connectivity index is 0.000000531. The molecule has 0 spiro atoms. The van der Waals surface area contributed by atoms with E-state index in [0.717, 1.165) is 16.5 Å². The molecule has 2 aromatic rings. The lowest BCUT2D eigenvalue weighted by Gasteiger charge is -1.95. The van der Waals surface area contributed by atoms with Gasteiger partial charge < -0.3 is 10.1 Å². The first-order valence-electron chi connectivity index (χ1n) is 5.19. The van der Waals surface area contributed by atoms with Crippen LogP contribution >= 0.6 is 0 Å². The molecule has 0 fully saturated rings. The molecular formula is C13H17NO. The minimum atomic E-state index is 0.199. The highest BCUT2D eigenvalue weighted by molar-refractivity contribution is 5.83. The third-order valence-corrected chi connectivity index (χ3v) is 2.07. The maximum Gasteiger partial charge on any atom is 0.0895 e. The summed E-state index contributed by atoms with van der Waals surface area (Å²) < 4.78 is 0. The van der Waals surface area contributed by atoms with Crippen LogP contribution in [0.4, 0.5) is 0 Å². The zero-order valence-electron chi connectivity index (χ0n) is 9.25. The maximum atomic E-state index is 9.08. The quantitative estimate of drug-likeness (QED) is 0.715. The van der Waals surface area contributed by atoms with Crippen molar-refractivity contribution in [3.63, 3.8) is 0 Å². The van der Waals surface area contributed by atoms with E-state index in [1.807, 2.05) is 44.3 Å². The number of aliphatic hydroxyl groups is 1. The number of benzene rings is 1. The van der Waals surface area contributed by atoms with Crippen molar-refractivity contribution in [2.45, 2.75) is 20.3 Å². The van der Waals surface area contributed by atoms with Crippen LogP contribution < -0.4 is 0 Å². The Labute approximate surface area is 90.3 Å². The molecule has 1 aromatic carbocycles. The highest BCUT2D eigenvalue weighted by Crippen LogP contribution is 2.19. The molecule has 0 saturated heterocycles. The average Bonchev–Trinajstić information content (AvgIpc) is 2.64. The van der Waals surface area contributed by atoms with Crippen LogP contribution in [-0.4, -0.2) is 10.1 Å². The van der Waals surface area contributed by atoms with Crippen LogP contribution in [-0.2, 0) is 6.42 Å². The van der Waals surface area contributed by atoms with Crippen LogP contribution in [0.25, 0.3) is 10.9 Å². The van der Waals surface area contributed by atoms with Crippen molar-refractivity contribution in [1.29, 1.82) is 0 Å². The standard InChI is InChI=1S/C11H11NO.C2H6/c1-8(13)6-9-7-12-11-5-3-2-4-10(9)11;1-2/h2-5,7,12-13H,1,6H2;1-2H3. The Morgan fingerprint density at radius 1 is 1.33 bits per heavy atom. The summed E-state index contributed by atoms with van der Waals surface area (Å²) in [5, 5.41) is 10.2. The summed E-state index contributed by atoms with van der Waals surface area (Å²) in [6.07, 6.45) is 2.43. The number of hydrogen-bond donors (Lipinski definition) is 2. The molecule has 0 atom stereocenters. The van der Waals surface area contributed by atoms with Crippen LogP contribution in [0.5, 0.6) is 0 Å². The first-order chi connectivity index (χ1) is 7.27. The van der Waals surface area contributed by atoms with Gasteiger partial charge in [0.15, 0.2) is 0 Å². The largest absolute Gasteiger partial charge is 0.513 e. The lowest BCUT2D eigenvalue weighted by atomic mass is 10.1. The number of fused-ring (bicyclic) bond motifs is 1. The van der Waals surface area contributed by atoms with Crippen LogP contribution in [0.15, 0.2) is 42.8 Å². The van der Waals surface area contributed by atoms with Gasteiger partial charge in [0.2, 0.25) is 0 Å². The Morgan fingerprint density at radius 2 is 2.00 bits per heavy atom. The number of rotatable bonds is 2. The lowest BCUT2D eigenvalue weighted by Crippen LogP contribution is -1.84. The summed E-state index contributed by atoms with van der Waals surface area (Å²) in [7, 11) is 0. The maximum absolute atomic E-state index is 9.08. The van der Waals surface area contributed by atoms with Crippen LogP contribution in [0.2, 0.25) is 0 Å². The van der Waals surface area contributed by atoms with Gasteiger partial charge in [0, 0.05) is 23.5 Å². The number of nitrogens with one attached hydrogen (secondary N) is 1. The van der Waals surface area contributed by atoms with Crippen molar-refractivity contribution < 1.29 is 5.11 Å². The lowest BCUT2D eigenvalue weighted by molar-refractivity contribution is 0.402. The van der Waals surface area contributed by atoms with E-state index in [4.69, 9.17) is 5.11 Å². The van der Waals surface area contributed by atoms with Gasteiger partial charge in [0.25, 0.3) is 0 Å². The van der Waals surface area contributed by atoms with Crippen molar-refractivity contribution >= 4 is 10.9 Å². The molecule has 0 aliphatic heterocycles. The van der Waals surface area contributed by atoms with Gasteiger partial charge in [-0.1, -0.05) is 38.6 Å². The van der Waals surface area contributed by atoms with E-state index in [0.29, 0.717) is 6.42 Å². The number of aliphatic hydroxyl groups excluding tert-OH is 1. The normalized spacial score (nSPS) is 9.47. The zero-order valence-corrected chi connectivity index (χ0v) is 9.25. The Morgan fingerprint density at radius 3 is 2.67 bits per heavy atom. The molecule has 2 N–H and O–H groups in total. The van der Waals surface area contributed by atoms with Crippen molar-refractivity contribution in [2.24, 2.45) is 0 Å². The highest BCUT2D eigenvalue weighted by Gasteiger charge is 2.02. The zero-order chi connectivity index (χ0) is 11.3. The molecule has 2 nitrogen and oxygen atoms in total. The first-order valence-corrected chi connectivity index (χ1v) is 5.19. The number of allylic oxidation sites excluding steroid dienone is 1. The fourth-order valence-electron chi connectivity index (χ4n) is 1.50. The summed E-state index contributed by atoms with van der Waals surface area (Å²) in [6, 6.07) is 8.01. The second-order valence-corrected chi connectivity index (χ2v) is 3.10. The summed E-state index contributed by atoms with van der Waals surface area (Å²) >= 11 is 0. The molecule has 0 aliphatic rings. The average molecular weight is 203 g/mol. The molecule has 80 valence electrons. The predicted octanol–water partition coefficient (Wildman–Crippen LogP) is 3.81. The first kappa shape index (κ1) is 11.4. The Kier molecular flexibility index (Phi) is 3.98. The van der Waals surface area contributed by atoms with Gasteiger partial charge in [0.1, 0.15) is 0 Å². The van der Waals surface area contributed by atoms with Gasteiger partial charge in [0.05, 0.1) is 5.76 Å². The van der Waals surface area contributed by atoms with Crippen molar-refractivity contribution in [1.82, 2.24) is 4.98 Å². The van der Waals surface area contributed by atoms with E-state index in [1.54, 1.807) is 0 Å². The number of para-hydroxylation sites is 1. The summed E-state index contributed by atoms with van der Waals surface area (Å²) in [5.74, 6) is 0.199. The molecule has 0 unspecified atom stereocenters. The molecular weight excluding hydrogens is 186 g/mol. The molecule has 1 heterocycles. The molecule has 2 rings (SSSR count). The molecule has 0 amide bonds. The molecule has 2 heteroatoms. The molecule has 0 saturated carbocycles. The van der Waals surface area contributed by atoms with E-state index < -0.39 is 0 Å². The van der Waals surface area contributed by atoms with E-state index in [1.165, 1.54) is 0 Å². The second-order valence-electron chi connectivity index (χ2n) is 3.10. The molecule has 1 aromatic heterocycles. The minimum Gasteiger partial charge on any atom is -0.513 e. The van der Waals surface area contributed by atoms with Crippen LogP contribution in [0, 0.1) is 0 Å². The number of H-pyrrole nitrogens is 1. The Hall–Kier alpha value is -1.70. The fourth-order valence-corrected chi connectivity index (χ4v) is 1.50. The Bertz CT molecular complexity index is 442. The van der Waals surface area contributed by atoms with Crippen molar-refractivity contribution in [3.8, 4) is 0 Å². The van der Waals surface area contributed by atoms with Gasteiger partial charge in [-0.15, -0.1) is 0 Å². The SMILES string of the molecule is C=C(O)Cc1c[nH]c2ccccc12.CC. The van der Waals surface area contributed by atoms with Gasteiger partial charge in [-0.2, -0.15) is 0 Å². The van der Waals surface area contributed by atoms with E-state index in [2.05, 4.69) is 11.6 Å². The van der Waals surface area contributed by atoms with Crippen LogP contribution in [0.1, 0.15) is 19.4 Å². The number of hydrogen-bond acceptors (Lipinski definition) is 1. The molecule has 0 bridgehead atoms. The smallest absolute Gasteiger partial charge is 0.0895 e. The predicted molar refractivity (Wildman–Crippen MR) is 65.1 cm³/mol. The summed E-state index contributed by atoms with van der Waals surface area (Å²) in [5.41, 5.74) is 2.18. The van der Waals surface area contributed by atoms with Gasteiger partial charge in [-0.3, -0.25) is 0 Å². The molecule has 15 heavy (non-hydrogen) atoms. The third kappa shape index (κ3) is 2.62. The third-order valence-electron chi connectivity index (χ3n) is 2.07. The summed E-state index contributed by atoms with van der Waals surface area (Å²) in [6.45, 7) is 7.48. The van der Waals surface area contributed by atoms with E-state index in [-0.39, 0.29) is 5.76 Å². The molecule has 0 radical (unpaired) electrons. The minimum absolute atomic E-state index is 0.199. The van der Waals surface area contributed by atoms with Crippen molar-refractivity contribution in [2.75, 3.05) is 0 Å². The van der Waals surface area contributed by atoms with Gasteiger partial charge in [-0.25, -0.2) is 0 Å². The number of aromatic nitrogens is 1. The van der Waals surface area contributed by atoms with Crippen molar-refractivity contribution in [3.05, 3.63) is 48.4 Å². The van der Waals surface area contributed by atoms with Gasteiger partial charge >= 0.3 is 0 Å². The van der Waals surface area contributed by atoms with E-state index >= 15 is 0 Å². The molecule has 0 aliphatic carbocycles. The van der Waals surface area contributed by atoms with Crippen LogP contribution in [0.3, 0.4) is 0 Å². The van der Waals surface area contributed by atoms with E-state index in [9.17, 15) is 0 Å².